The van der Waals surface area contributed by atoms with Gasteiger partial charge in [0.2, 0.25) is 0 Å². The van der Waals surface area contributed by atoms with E-state index >= 15 is 0 Å². The van der Waals surface area contributed by atoms with Crippen LogP contribution >= 0.6 is 11.3 Å². The van der Waals surface area contributed by atoms with E-state index in [9.17, 15) is 0 Å². The van der Waals surface area contributed by atoms with Gasteiger partial charge < -0.3 is 5.73 Å². The molecule has 1 aromatic rings. The lowest BCUT2D eigenvalue weighted by Gasteiger charge is -2.36. The fourth-order valence-electron chi connectivity index (χ4n) is 3.80. The molecule has 0 saturated heterocycles. The van der Waals surface area contributed by atoms with Crippen LogP contribution in [0, 0.1) is 5.92 Å². The Morgan fingerprint density at radius 3 is 2.45 bits per heavy atom. The van der Waals surface area contributed by atoms with Gasteiger partial charge in [-0.25, -0.2) is 0 Å². The molecule has 0 bridgehead atoms. The molecule has 0 amide bonds. The zero-order chi connectivity index (χ0) is 13.8. The molecule has 20 heavy (non-hydrogen) atoms. The number of rotatable bonds is 6. The standard InChI is InChI=1S/C17H28N2S/c18-12-17(14-6-3-1-2-4-7-14)19(15-9-10-15)13-16-8-5-11-20-16/h5,8,11,14-15,17H,1-4,6-7,9-10,12-13,18H2. The lowest BCUT2D eigenvalue weighted by atomic mass is 9.90. The van der Waals surface area contributed by atoms with E-state index in [-0.39, 0.29) is 0 Å². The molecule has 2 N–H and O–H groups in total. The molecule has 3 rings (SSSR count). The van der Waals surface area contributed by atoms with Gasteiger partial charge >= 0.3 is 0 Å². The van der Waals surface area contributed by atoms with E-state index in [1.807, 2.05) is 11.3 Å². The molecule has 0 aliphatic heterocycles. The van der Waals surface area contributed by atoms with Gasteiger partial charge in [0.15, 0.2) is 0 Å². The molecule has 2 aliphatic rings. The van der Waals surface area contributed by atoms with Crippen molar-refractivity contribution >= 4 is 11.3 Å². The van der Waals surface area contributed by atoms with Crippen molar-refractivity contribution in [3.8, 4) is 0 Å². The summed E-state index contributed by atoms with van der Waals surface area (Å²) in [6, 6.07) is 5.88. The molecule has 1 aromatic heterocycles. The highest BCUT2D eigenvalue weighted by molar-refractivity contribution is 7.09. The zero-order valence-electron chi connectivity index (χ0n) is 12.5. The van der Waals surface area contributed by atoms with Crippen LogP contribution < -0.4 is 5.73 Å². The van der Waals surface area contributed by atoms with Gasteiger partial charge in [-0.3, -0.25) is 4.90 Å². The Labute approximate surface area is 127 Å². The number of hydrogen-bond acceptors (Lipinski definition) is 3. The van der Waals surface area contributed by atoms with Crippen molar-refractivity contribution in [3.05, 3.63) is 22.4 Å². The Hall–Kier alpha value is -0.380. The molecule has 2 nitrogen and oxygen atoms in total. The molecular weight excluding hydrogens is 264 g/mol. The van der Waals surface area contributed by atoms with Crippen molar-refractivity contribution in [1.82, 2.24) is 4.90 Å². The number of thiophene rings is 1. The van der Waals surface area contributed by atoms with Crippen molar-refractivity contribution in [1.29, 1.82) is 0 Å². The Morgan fingerprint density at radius 1 is 1.15 bits per heavy atom. The van der Waals surface area contributed by atoms with Crippen LogP contribution in [0.25, 0.3) is 0 Å². The molecule has 0 aromatic carbocycles. The highest BCUT2D eigenvalue weighted by atomic mass is 32.1. The predicted molar refractivity (Wildman–Crippen MR) is 86.9 cm³/mol. The molecule has 2 saturated carbocycles. The molecule has 3 heteroatoms. The van der Waals surface area contributed by atoms with E-state index in [2.05, 4.69) is 22.4 Å². The summed E-state index contributed by atoms with van der Waals surface area (Å²) in [4.78, 5) is 4.26. The van der Waals surface area contributed by atoms with Crippen molar-refractivity contribution in [2.45, 2.75) is 70.0 Å². The SMILES string of the molecule is NCC(C1CCCCCC1)N(Cc1cccs1)C1CC1. The maximum absolute atomic E-state index is 6.21. The second-order valence-electron chi connectivity index (χ2n) is 6.54. The van der Waals surface area contributed by atoms with Gasteiger partial charge in [0.25, 0.3) is 0 Å². The summed E-state index contributed by atoms with van der Waals surface area (Å²) in [5.74, 6) is 0.836. The Bertz CT molecular complexity index is 378. The largest absolute Gasteiger partial charge is 0.329 e. The van der Waals surface area contributed by atoms with Crippen molar-refractivity contribution < 1.29 is 0 Å². The Balaban J connectivity index is 1.69. The molecule has 0 radical (unpaired) electrons. The van der Waals surface area contributed by atoms with Gasteiger partial charge in [0, 0.05) is 30.1 Å². The first kappa shape index (κ1) is 14.6. The highest BCUT2D eigenvalue weighted by Gasteiger charge is 2.36. The third kappa shape index (κ3) is 3.63. The molecule has 1 atom stereocenters. The summed E-state index contributed by atoms with van der Waals surface area (Å²) in [6.45, 7) is 1.97. The van der Waals surface area contributed by atoms with Gasteiger partial charge in [-0.05, 0) is 43.0 Å². The van der Waals surface area contributed by atoms with E-state index < -0.39 is 0 Å². The normalized spacial score (nSPS) is 22.9. The predicted octanol–water partition coefficient (Wildman–Crippen LogP) is 4.01. The smallest absolute Gasteiger partial charge is 0.0334 e. The van der Waals surface area contributed by atoms with Gasteiger partial charge in [-0.2, -0.15) is 0 Å². The van der Waals surface area contributed by atoms with Crippen molar-refractivity contribution in [3.63, 3.8) is 0 Å². The monoisotopic (exact) mass is 292 g/mol. The summed E-state index contributed by atoms with van der Waals surface area (Å²) >= 11 is 1.89. The molecule has 2 aliphatic carbocycles. The first-order chi connectivity index (χ1) is 9.88. The minimum absolute atomic E-state index is 0.614. The van der Waals surface area contributed by atoms with Crippen molar-refractivity contribution in [2.75, 3.05) is 6.54 Å². The van der Waals surface area contributed by atoms with Gasteiger partial charge in [0.05, 0.1) is 0 Å². The number of nitrogens with zero attached hydrogens (tertiary/aromatic N) is 1. The van der Waals surface area contributed by atoms with Gasteiger partial charge in [0.1, 0.15) is 0 Å². The molecule has 112 valence electrons. The average Bonchev–Trinajstić information content (AvgIpc) is 3.23. The topological polar surface area (TPSA) is 29.3 Å². The van der Waals surface area contributed by atoms with Crippen LogP contribution in [-0.2, 0) is 6.54 Å². The van der Waals surface area contributed by atoms with Crippen molar-refractivity contribution in [2.24, 2.45) is 11.7 Å². The lowest BCUT2D eigenvalue weighted by molar-refractivity contribution is 0.120. The third-order valence-electron chi connectivity index (χ3n) is 5.05. The minimum atomic E-state index is 0.614. The lowest BCUT2D eigenvalue weighted by Crippen LogP contribution is -2.46. The van der Waals surface area contributed by atoms with Crippen LogP contribution in [-0.4, -0.2) is 23.5 Å². The zero-order valence-corrected chi connectivity index (χ0v) is 13.3. The molecule has 1 unspecified atom stereocenters. The van der Waals surface area contributed by atoms with E-state index in [4.69, 9.17) is 5.73 Å². The summed E-state index contributed by atoms with van der Waals surface area (Å²) in [7, 11) is 0. The number of nitrogens with two attached hydrogens (primary N) is 1. The average molecular weight is 292 g/mol. The fourth-order valence-corrected chi connectivity index (χ4v) is 4.51. The van der Waals surface area contributed by atoms with Crippen LogP contribution in [0.2, 0.25) is 0 Å². The third-order valence-corrected chi connectivity index (χ3v) is 5.91. The van der Waals surface area contributed by atoms with E-state index in [0.29, 0.717) is 6.04 Å². The summed E-state index contributed by atoms with van der Waals surface area (Å²) < 4.78 is 0. The van der Waals surface area contributed by atoms with Crippen LogP contribution in [0.15, 0.2) is 17.5 Å². The maximum atomic E-state index is 6.21. The summed E-state index contributed by atoms with van der Waals surface area (Å²) in [5, 5.41) is 2.20. The Kier molecular flexibility index (Phi) is 5.14. The Morgan fingerprint density at radius 2 is 1.90 bits per heavy atom. The van der Waals surface area contributed by atoms with Crippen LogP contribution in [0.3, 0.4) is 0 Å². The minimum Gasteiger partial charge on any atom is -0.329 e. The quantitative estimate of drug-likeness (QED) is 0.803. The second kappa shape index (κ2) is 7.06. The number of hydrogen-bond donors (Lipinski definition) is 1. The van der Waals surface area contributed by atoms with E-state index in [0.717, 1.165) is 25.0 Å². The highest BCUT2D eigenvalue weighted by Crippen LogP contribution is 2.36. The molecule has 1 heterocycles. The maximum Gasteiger partial charge on any atom is 0.0334 e. The van der Waals surface area contributed by atoms with Crippen LogP contribution in [0.4, 0.5) is 0 Å². The van der Waals surface area contributed by atoms with Gasteiger partial charge in [-0.15, -0.1) is 11.3 Å². The van der Waals surface area contributed by atoms with Crippen LogP contribution in [0.5, 0.6) is 0 Å². The van der Waals surface area contributed by atoms with Gasteiger partial charge in [-0.1, -0.05) is 31.7 Å². The molecular formula is C17H28N2S. The first-order valence-corrected chi connectivity index (χ1v) is 9.24. The summed E-state index contributed by atoms with van der Waals surface area (Å²) in [6.07, 6.45) is 11.3. The fraction of sp³-hybridized carbons (Fsp3) is 0.765. The van der Waals surface area contributed by atoms with E-state index in [1.54, 1.807) is 0 Å². The second-order valence-corrected chi connectivity index (χ2v) is 7.57. The summed E-state index contributed by atoms with van der Waals surface area (Å²) in [5.41, 5.74) is 6.21. The first-order valence-electron chi connectivity index (χ1n) is 8.36. The molecule has 0 spiro atoms. The van der Waals surface area contributed by atoms with Crippen LogP contribution in [0.1, 0.15) is 56.2 Å². The van der Waals surface area contributed by atoms with E-state index in [1.165, 1.54) is 56.2 Å². The molecule has 2 fully saturated rings.